The van der Waals surface area contributed by atoms with E-state index in [1.807, 2.05) is 28.8 Å². The number of rotatable bonds is 4. The fraction of sp³-hybridized carbons (Fsp3) is 0.231. The molecule has 0 bridgehead atoms. The average Bonchev–Trinajstić information content (AvgIpc) is 3.00. The second-order valence-electron chi connectivity index (χ2n) is 4.29. The summed E-state index contributed by atoms with van der Waals surface area (Å²) in [6, 6.07) is 5.98. The minimum atomic E-state index is -0.113. The third-order valence-corrected chi connectivity index (χ3v) is 3.84. The van der Waals surface area contributed by atoms with Gasteiger partial charge in [0.15, 0.2) is 0 Å². The molecule has 0 aromatic carbocycles. The Morgan fingerprint density at radius 3 is 3.05 bits per heavy atom. The first-order valence-electron chi connectivity index (χ1n) is 6.04. The zero-order chi connectivity index (χ0) is 13.2. The standard InChI is InChI=1S/C13H13N3O2S/c17-12-9-19-13(18)16(12)7-2-4-10-3-1-5-11-14-6-8-15(10)11/h1,3,5-6,8-9,17H,2,4,7H2. The van der Waals surface area contributed by atoms with Gasteiger partial charge in [-0.25, -0.2) is 4.98 Å². The maximum Gasteiger partial charge on any atom is 0.309 e. The summed E-state index contributed by atoms with van der Waals surface area (Å²) >= 11 is 1.02. The van der Waals surface area contributed by atoms with Crippen LogP contribution in [0.15, 0.2) is 40.8 Å². The van der Waals surface area contributed by atoms with E-state index < -0.39 is 0 Å². The number of hydrogen-bond donors (Lipinski definition) is 1. The number of aromatic hydroxyl groups is 1. The van der Waals surface area contributed by atoms with E-state index in [9.17, 15) is 9.90 Å². The molecule has 3 heterocycles. The average molecular weight is 275 g/mol. The molecule has 0 radical (unpaired) electrons. The van der Waals surface area contributed by atoms with Crippen LogP contribution in [0.4, 0.5) is 0 Å². The Bertz CT molecular complexity index is 756. The molecular formula is C13H13N3O2S. The number of hydrogen-bond acceptors (Lipinski definition) is 4. The minimum absolute atomic E-state index is 0.0517. The monoisotopic (exact) mass is 275 g/mol. The molecule has 19 heavy (non-hydrogen) atoms. The Morgan fingerprint density at radius 1 is 1.37 bits per heavy atom. The molecular weight excluding hydrogens is 262 g/mol. The van der Waals surface area contributed by atoms with E-state index in [1.54, 1.807) is 6.20 Å². The van der Waals surface area contributed by atoms with Crippen molar-refractivity contribution in [2.45, 2.75) is 19.4 Å². The smallest absolute Gasteiger partial charge is 0.309 e. The quantitative estimate of drug-likeness (QED) is 0.791. The molecule has 3 aromatic heterocycles. The zero-order valence-electron chi connectivity index (χ0n) is 10.2. The maximum absolute atomic E-state index is 11.5. The van der Waals surface area contributed by atoms with Crippen LogP contribution in [0, 0.1) is 0 Å². The van der Waals surface area contributed by atoms with Crippen molar-refractivity contribution in [3.8, 4) is 5.88 Å². The summed E-state index contributed by atoms with van der Waals surface area (Å²) in [5, 5.41) is 11.0. The highest BCUT2D eigenvalue weighted by atomic mass is 32.1. The molecule has 0 saturated heterocycles. The van der Waals surface area contributed by atoms with Crippen LogP contribution in [-0.2, 0) is 13.0 Å². The molecule has 98 valence electrons. The summed E-state index contributed by atoms with van der Waals surface area (Å²) in [6.07, 6.45) is 5.32. The Balaban J connectivity index is 1.73. The van der Waals surface area contributed by atoms with Crippen LogP contribution in [0.1, 0.15) is 12.1 Å². The van der Waals surface area contributed by atoms with Crippen molar-refractivity contribution >= 4 is 17.0 Å². The van der Waals surface area contributed by atoms with Crippen LogP contribution in [-0.4, -0.2) is 19.1 Å². The lowest BCUT2D eigenvalue weighted by Gasteiger charge is -2.06. The van der Waals surface area contributed by atoms with Crippen molar-refractivity contribution in [2.75, 3.05) is 0 Å². The molecule has 0 unspecified atom stereocenters. The van der Waals surface area contributed by atoms with E-state index in [2.05, 4.69) is 4.98 Å². The van der Waals surface area contributed by atoms with Gasteiger partial charge in [0.2, 0.25) is 5.88 Å². The van der Waals surface area contributed by atoms with Crippen molar-refractivity contribution in [3.05, 3.63) is 51.3 Å². The Kier molecular flexibility index (Phi) is 3.08. The van der Waals surface area contributed by atoms with Gasteiger partial charge in [-0.2, -0.15) is 0 Å². The highest BCUT2D eigenvalue weighted by Crippen LogP contribution is 2.12. The van der Waals surface area contributed by atoms with Gasteiger partial charge in [-0.05, 0) is 25.0 Å². The zero-order valence-corrected chi connectivity index (χ0v) is 11.0. The second kappa shape index (κ2) is 4.89. The highest BCUT2D eigenvalue weighted by Gasteiger charge is 2.05. The van der Waals surface area contributed by atoms with Crippen LogP contribution in [0.3, 0.4) is 0 Å². The molecule has 3 aromatic rings. The molecule has 0 saturated carbocycles. The van der Waals surface area contributed by atoms with Crippen LogP contribution in [0.5, 0.6) is 5.88 Å². The van der Waals surface area contributed by atoms with Crippen LogP contribution in [0.25, 0.3) is 5.65 Å². The molecule has 0 aliphatic heterocycles. The molecule has 3 rings (SSSR count). The number of imidazole rings is 1. The number of aromatic nitrogens is 3. The molecule has 0 aliphatic carbocycles. The molecule has 6 heteroatoms. The van der Waals surface area contributed by atoms with Gasteiger partial charge in [-0.3, -0.25) is 9.36 Å². The maximum atomic E-state index is 11.5. The predicted molar refractivity (Wildman–Crippen MR) is 73.8 cm³/mol. The fourth-order valence-electron chi connectivity index (χ4n) is 2.16. The topological polar surface area (TPSA) is 59.5 Å². The third kappa shape index (κ3) is 2.26. The van der Waals surface area contributed by atoms with E-state index >= 15 is 0 Å². The van der Waals surface area contributed by atoms with Crippen LogP contribution in [0.2, 0.25) is 0 Å². The van der Waals surface area contributed by atoms with Gasteiger partial charge in [0.05, 0.1) is 5.38 Å². The first-order valence-corrected chi connectivity index (χ1v) is 6.92. The molecule has 0 amide bonds. The molecule has 0 aliphatic rings. The normalized spacial score (nSPS) is 11.2. The number of fused-ring (bicyclic) bond motifs is 1. The van der Waals surface area contributed by atoms with Gasteiger partial charge < -0.3 is 9.51 Å². The summed E-state index contributed by atoms with van der Waals surface area (Å²) in [7, 11) is 0. The molecule has 0 spiro atoms. The highest BCUT2D eigenvalue weighted by molar-refractivity contribution is 7.07. The summed E-state index contributed by atoms with van der Waals surface area (Å²) in [6.45, 7) is 0.527. The SMILES string of the molecule is O=c1scc(O)n1CCCc1cccc2nccn12. The van der Waals surface area contributed by atoms with Gasteiger partial charge in [0.1, 0.15) is 5.65 Å². The van der Waals surface area contributed by atoms with E-state index in [4.69, 9.17) is 0 Å². The van der Waals surface area contributed by atoms with Crippen molar-refractivity contribution < 1.29 is 5.11 Å². The van der Waals surface area contributed by atoms with E-state index in [-0.39, 0.29) is 10.8 Å². The van der Waals surface area contributed by atoms with Crippen molar-refractivity contribution in [2.24, 2.45) is 0 Å². The van der Waals surface area contributed by atoms with Gasteiger partial charge in [-0.1, -0.05) is 17.4 Å². The van der Waals surface area contributed by atoms with E-state index in [0.717, 1.165) is 35.5 Å². The number of nitrogens with zero attached hydrogens (tertiary/aromatic N) is 3. The van der Waals surface area contributed by atoms with E-state index in [0.29, 0.717) is 6.54 Å². The lowest BCUT2D eigenvalue weighted by Crippen LogP contribution is -2.13. The van der Waals surface area contributed by atoms with Crippen molar-refractivity contribution in [1.29, 1.82) is 0 Å². The Hall–Kier alpha value is -2.08. The summed E-state index contributed by atoms with van der Waals surface area (Å²) < 4.78 is 3.44. The largest absolute Gasteiger partial charge is 0.494 e. The van der Waals surface area contributed by atoms with Gasteiger partial charge in [0, 0.05) is 24.6 Å². The molecule has 1 N–H and O–H groups in total. The van der Waals surface area contributed by atoms with Crippen molar-refractivity contribution in [3.63, 3.8) is 0 Å². The summed E-state index contributed by atoms with van der Waals surface area (Å²) in [4.78, 5) is 15.6. The Morgan fingerprint density at radius 2 is 2.26 bits per heavy atom. The minimum Gasteiger partial charge on any atom is -0.494 e. The third-order valence-electron chi connectivity index (χ3n) is 3.09. The molecule has 0 fully saturated rings. The number of pyridine rings is 1. The lowest BCUT2D eigenvalue weighted by atomic mass is 10.2. The number of thiazole rings is 1. The first-order chi connectivity index (χ1) is 9.25. The summed E-state index contributed by atoms with van der Waals surface area (Å²) in [5.74, 6) is 0.0517. The van der Waals surface area contributed by atoms with Gasteiger partial charge in [0.25, 0.3) is 0 Å². The van der Waals surface area contributed by atoms with Crippen LogP contribution < -0.4 is 4.87 Å². The first kappa shape index (κ1) is 12.0. The Labute approximate surface area is 113 Å². The molecule has 5 nitrogen and oxygen atoms in total. The summed E-state index contributed by atoms with van der Waals surface area (Å²) in [5.41, 5.74) is 2.07. The van der Waals surface area contributed by atoms with Crippen molar-refractivity contribution in [1.82, 2.24) is 14.0 Å². The van der Waals surface area contributed by atoms with E-state index in [1.165, 1.54) is 9.95 Å². The molecule has 0 atom stereocenters. The fourth-order valence-corrected chi connectivity index (χ4v) is 2.80. The van der Waals surface area contributed by atoms with Gasteiger partial charge >= 0.3 is 4.87 Å². The second-order valence-corrected chi connectivity index (χ2v) is 5.11. The van der Waals surface area contributed by atoms with Crippen LogP contribution >= 0.6 is 11.3 Å². The predicted octanol–water partition coefficient (Wildman–Crippen LogP) is 1.90. The van der Waals surface area contributed by atoms with Gasteiger partial charge in [-0.15, -0.1) is 0 Å². The number of aryl methyl sites for hydroxylation is 1. The lowest BCUT2D eigenvalue weighted by molar-refractivity contribution is 0.409.